The number of hydrazone groups is 1. The molecule has 0 bridgehead atoms. The fourth-order valence-electron chi connectivity index (χ4n) is 1.60. The summed E-state index contributed by atoms with van der Waals surface area (Å²) < 4.78 is 0.987. The maximum absolute atomic E-state index is 10.2. The zero-order valence-electron chi connectivity index (χ0n) is 10.1. The quantitative estimate of drug-likeness (QED) is 0.510. The summed E-state index contributed by atoms with van der Waals surface area (Å²) in [5, 5.41) is 15.9. The second-order valence-electron chi connectivity index (χ2n) is 3.78. The molecule has 2 rings (SSSR count). The number of nitrogens with one attached hydrogen (secondary N) is 1. The molecule has 19 heavy (non-hydrogen) atoms. The van der Waals surface area contributed by atoms with Gasteiger partial charge in [0.1, 0.15) is 5.75 Å². The molecule has 98 valence electrons. The Morgan fingerprint density at radius 1 is 1.42 bits per heavy atom. The lowest BCUT2D eigenvalue weighted by Crippen LogP contribution is -2.05. The van der Waals surface area contributed by atoms with Crippen molar-refractivity contribution in [3.8, 4) is 16.2 Å². The minimum Gasteiger partial charge on any atom is -0.506 e. The van der Waals surface area contributed by atoms with E-state index in [2.05, 4.69) is 26.5 Å². The molecular formula is C13H11BrN2O2S. The van der Waals surface area contributed by atoms with E-state index < -0.39 is 0 Å². The van der Waals surface area contributed by atoms with Gasteiger partial charge in [0.05, 0.1) is 16.2 Å². The lowest BCUT2D eigenvalue weighted by molar-refractivity contribution is -0.109. The van der Waals surface area contributed by atoms with Gasteiger partial charge in [-0.2, -0.15) is 5.10 Å². The molecule has 1 heterocycles. The zero-order valence-corrected chi connectivity index (χ0v) is 12.5. The molecule has 2 N–H and O–H groups in total. The minimum atomic E-state index is 0.182. The number of nitrogens with zero attached hydrogens (tertiary/aromatic N) is 1. The van der Waals surface area contributed by atoms with Crippen LogP contribution in [0.5, 0.6) is 5.75 Å². The van der Waals surface area contributed by atoms with Crippen LogP contribution in [-0.4, -0.2) is 17.2 Å². The highest BCUT2D eigenvalue weighted by Crippen LogP contribution is 2.38. The van der Waals surface area contributed by atoms with E-state index in [4.69, 9.17) is 0 Å². The summed E-state index contributed by atoms with van der Waals surface area (Å²) >= 11 is 4.81. The van der Waals surface area contributed by atoms with Crippen molar-refractivity contribution in [2.24, 2.45) is 5.10 Å². The first-order chi connectivity index (χ1) is 9.13. The number of hydrogen-bond acceptors (Lipinski definition) is 4. The van der Waals surface area contributed by atoms with Gasteiger partial charge < -0.3 is 5.11 Å². The Labute approximate surface area is 122 Å². The van der Waals surface area contributed by atoms with Crippen LogP contribution >= 0.6 is 27.3 Å². The van der Waals surface area contributed by atoms with Crippen molar-refractivity contribution in [1.82, 2.24) is 5.43 Å². The number of rotatable bonds is 4. The van der Waals surface area contributed by atoms with Gasteiger partial charge in [0.25, 0.3) is 0 Å². The van der Waals surface area contributed by atoms with Gasteiger partial charge in [-0.25, -0.2) is 5.43 Å². The van der Waals surface area contributed by atoms with Crippen molar-refractivity contribution in [3.05, 3.63) is 39.7 Å². The lowest BCUT2D eigenvalue weighted by Gasteiger charge is -2.01. The van der Waals surface area contributed by atoms with Crippen molar-refractivity contribution in [2.75, 3.05) is 0 Å². The summed E-state index contributed by atoms with van der Waals surface area (Å²) in [5.41, 5.74) is 4.34. The van der Waals surface area contributed by atoms with Crippen LogP contribution in [0.25, 0.3) is 10.4 Å². The van der Waals surface area contributed by atoms with E-state index in [9.17, 15) is 9.90 Å². The molecule has 1 aromatic heterocycles. The van der Waals surface area contributed by atoms with Gasteiger partial charge in [0.15, 0.2) is 0 Å². The van der Waals surface area contributed by atoms with Crippen molar-refractivity contribution in [2.45, 2.75) is 6.92 Å². The zero-order chi connectivity index (χ0) is 13.8. The third-order valence-electron chi connectivity index (χ3n) is 2.55. The molecule has 0 atom stereocenters. The van der Waals surface area contributed by atoms with Gasteiger partial charge in [-0.05, 0) is 24.6 Å². The average molecular weight is 339 g/mol. The molecule has 0 saturated carbocycles. The van der Waals surface area contributed by atoms with Gasteiger partial charge in [0, 0.05) is 9.85 Å². The lowest BCUT2D eigenvalue weighted by atomic mass is 10.1. The largest absolute Gasteiger partial charge is 0.506 e. The van der Waals surface area contributed by atoms with Crippen LogP contribution in [-0.2, 0) is 4.79 Å². The van der Waals surface area contributed by atoms with Crippen LogP contribution in [0.2, 0.25) is 0 Å². The highest BCUT2D eigenvalue weighted by atomic mass is 79.9. The predicted molar refractivity (Wildman–Crippen MR) is 80.5 cm³/mol. The summed E-state index contributed by atoms with van der Waals surface area (Å²) in [7, 11) is 0. The first-order valence-electron chi connectivity index (χ1n) is 5.43. The predicted octanol–water partition coefficient (Wildman–Crippen LogP) is 3.35. The van der Waals surface area contributed by atoms with E-state index >= 15 is 0 Å². The number of benzene rings is 1. The molecular weight excluding hydrogens is 328 g/mol. The van der Waals surface area contributed by atoms with Crippen molar-refractivity contribution in [1.29, 1.82) is 0 Å². The normalized spacial score (nSPS) is 11.4. The van der Waals surface area contributed by atoms with Crippen LogP contribution in [0, 0.1) is 0 Å². The number of carbonyl (C=O) groups excluding carboxylic acids is 1. The van der Waals surface area contributed by atoms with Gasteiger partial charge in [-0.15, -0.1) is 11.3 Å². The Hall–Kier alpha value is -1.66. The molecule has 0 saturated heterocycles. The number of thiophene rings is 1. The Bertz CT molecular complexity index is 620. The van der Waals surface area contributed by atoms with E-state index in [1.54, 1.807) is 6.92 Å². The van der Waals surface area contributed by atoms with Crippen molar-refractivity contribution < 1.29 is 9.90 Å². The number of amides is 1. The summed E-state index contributed by atoms with van der Waals surface area (Å²) in [6, 6.07) is 7.69. The minimum absolute atomic E-state index is 0.182. The molecule has 0 radical (unpaired) electrons. The molecule has 0 aliphatic rings. The van der Waals surface area contributed by atoms with Crippen LogP contribution in [0.15, 0.2) is 39.2 Å². The summed E-state index contributed by atoms with van der Waals surface area (Å²) in [4.78, 5) is 11.0. The SMILES string of the molecule is C/C(=N\NC=O)c1csc(-c2ccc(Br)cc2)c1O. The number of halogens is 1. The average Bonchev–Trinajstić information content (AvgIpc) is 2.79. The molecule has 0 aliphatic heterocycles. The van der Waals surface area contributed by atoms with Crippen LogP contribution < -0.4 is 5.43 Å². The molecule has 0 spiro atoms. The maximum atomic E-state index is 10.2. The summed E-state index contributed by atoms with van der Waals surface area (Å²) in [6.45, 7) is 1.73. The van der Waals surface area contributed by atoms with Crippen LogP contribution in [0.3, 0.4) is 0 Å². The fourth-order valence-corrected chi connectivity index (χ4v) is 2.87. The highest BCUT2D eigenvalue weighted by Gasteiger charge is 2.14. The van der Waals surface area contributed by atoms with E-state index in [0.29, 0.717) is 17.7 Å². The molecule has 0 unspecified atom stereocenters. The van der Waals surface area contributed by atoms with E-state index in [1.807, 2.05) is 29.6 Å². The molecule has 0 aliphatic carbocycles. The topological polar surface area (TPSA) is 61.7 Å². The van der Waals surface area contributed by atoms with E-state index in [-0.39, 0.29) is 5.75 Å². The summed E-state index contributed by atoms with van der Waals surface area (Å²) in [6.07, 6.45) is 0.489. The Morgan fingerprint density at radius 2 is 2.11 bits per heavy atom. The Morgan fingerprint density at radius 3 is 2.74 bits per heavy atom. The number of carbonyl (C=O) groups is 1. The van der Waals surface area contributed by atoms with Gasteiger partial charge in [0.2, 0.25) is 6.41 Å². The second kappa shape index (κ2) is 5.99. The summed E-state index contributed by atoms with van der Waals surface area (Å²) in [5.74, 6) is 0.182. The third-order valence-corrected chi connectivity index (χ3v) is 4.09. The van der Waals surface area contributed by atoms with Crippen LogP contribution in [0.1, 0.15) is 12.5 Å². The maximum Gasteiger partial charge on any atom is 0.227 e. The Balaban J connectivity index is 2.37. The molecule has 1 aromatic carbocycles. The van der Waals surface area contributed by atoms with Gasteiger partial charge >= 0.3 is 0 Å². The molecule has 6 heteroatoms. The second-order valence-corrected chi connectivity index (χ2v) is 5.57. The number of aromatic hydroxyl groups is 1. The first kappa shape index (κ1) is 13.8. The molecule has 2 aromatic rings. The smallest absolute Gasteiger partial charge is 0.227 e. The third kappa shape index (κ3) is 3.02. The standard InChI is InChI=1S/C13H11BrN2O2S/c1-8(16-15-7-17)11-6-19-13(12(11)18)9-2-4-10(14)5-3-9/h2-7,18H,1H3,(H,15,17)/b16-8+. The molecule has 4 nitrogen and oxygen atoms in total. The monoisotopic (exact) mass is 338 g/mol. The van der Waals surface area contributed by atoms with Crippen molar-refractivity contribution in [3.63, 3.8) is 0 Å². The first-order valence-corrected chi connectivity index (χ1v) is 7.11. The Kier molecular flexibility index (Phi) is 4.34. The number of hydrogen-bond donors (Lipinski definition) is 2. The molecule has 1 amide bonds. The fraction of sp³-hybridized carbons (Fsp3) is 0.0769. The van der Waals surface area contributed by atoms with Gasteiger partial charge in [-0.1, -0.05) is 28.1 Å². The highest BCUT2D eigenvalue weighted by molar-refractivity contribution is 9.10. The van der Waals surface area contributed by atoms with Crippen molar-refractivity contribution >= 4 is 39.4 Å². The molecule has 0 fully saturated rings. The van der Waals surface area contributed by atoms with E-state index in [0.717, 1.165) is 14.9 Å². The van der Waals surface area contributed by atoms with Crippen LogP contribution in [0.4, 0.5) is 0 Å². The van der Waals surface area contributed by atoms with E-state index in [1.165, 1.54) is 11.3 Å². The van der Waals surface area contributed by atoms with Gasteiger partial charge in [-0.3, -0.25) is 4.79 Å².